The van der Waals surface area contributed by atoms with Crippen molar-refractivity contribution < 1.29 is 18.3 Å². The van der Waals surface area contributed by atoms with E-state index >= 15 is 0 Å². The molecule has 0 aliphatic heterocycles. The molecule has 1 atom stereocenters. The minimum absolute atomic E-state index is 0.0519. The van der Waals surface area contributed by atoms with Crippen LogP contribution in [0.25, 0.3) is 0 Å². The summed E-state index contributed by atoms with van der Waals surface area (Å²) >= 11 is 5.83. The largest absolute Gasteiger partial charge is 0.479 e. The number of benzene rings is 2. The molecule has 3 nitrogen and oxygen atoms in total. The fourth-order valence-corrected chi connectivity index (χ4v) is 1.99. The Morgan fingerprint density at radius 2 is 2.00 bits per heavy atom. The van der Waals surface area contributed by atoms with E-state index in [0.29, 0.717) is 5.56 Å². The molecule has 0 saturated heterocycles. The number of carbonyl (C=O) groups excluding carboxylic acids is 1. The van der Waals surface area contributed by atoms with Gasteiger partial charge in [-0.05, 0) is 31.2 Å². The molecule has 1 amide bonds. The third-order valence-electron chi connectivity index (χ3n) is 2.98. The van der Waals surface area contributed by atoms with Crippen LogP contribution in [0.3, 0.4) is 0 Å². The second-order valence-corrected chi connectivity index (χ2v) is 5.05. The molecule has 6 heteroatoms. The molecule has 0 aliphatic rings. The van der Waals surface area contributed by atoms with Crippen molar-refractivity contribution >= 4 is 17.5 Å². The van der Waals surface area contributed by atoms with Crippen LogP contribution in [0.4, 0.5) is 8.78 Å². The minimum atomic E-state index is -0.852. The number of nitrogens with one attached hydrogen (secondary N) is 1. The van der Waals surface area contributed by atoms with E-state index in [1.165, 1.54) is 25.1 Å². The van der Waals surface area contributed by atoms with E-state index in [-0.39, 0.29) is 17.3 Å². The van der Waals surface area contributed by atoms with Gasteiger partial charge in [-0.1, -0.05) is 29.8 Å². The first-order valence-electron chi connectivity index (χ1n) is 6.60. The highest BCUT2D eigenvalue weighted by Crippen LogP contribution is 2.25. The van der Waals surface area contributed by atoms with Crippen molar-refractivity contribution in [3.63, 3.8) is 0 Å². The van der Waals surface area contributed by atoms with E-state index in [1.807, 2.05) is 0 Å². The molecule has 1 unspecified atom stereocenters. The first-order chi connectivity index (χ1) is 10.5. The van der Waals surface area contributed by atoms with Crippen molar-refractivity contribution in [1.82, 2.24) is 5.32 Å². The molecule has 0 bridgehead atoms. The van der Waals surface area contributed by atoms with Crippen LogP contribution in [0, 0.1) is 11.6 Å². The quantitative estimate of drug-likeness (QED) is 0.910. The number of halogens is 3. The van der Waals surface area contributed by atoms with E-state index in [9.17, 15) is 13.6 Å². The van der Waals surface area contributed by atoms with Gasteiger partial charge in [-0.15, -0.1) is 0 Å². The monoisotopic (exact) mass is 325 g/mol. The Labute approximate surface area is 131 Å². The van der Waals surface area contributed by atoms with Crippen molar-refractivity contribution in [3.05, 3.63) is 64.7 Å². The van der Waals surface area contributed by atoms with Crippen molar-refractivity contribution in [3.8, 4) is 5.75 Å². The second kappa shape index (κ2) is 7.22. The summed E-state index contributed by atoms with van der Waals surface area (Å²) < 4.78 is 31.8. The highest BCUT2D eigenvalue weighted by Gasteiger charge is 2.16. The molecule has 0 aliphatic carbocycles. The molecule has 2 aromatic rings. The fourth-order valence-electron chi connectivity index (χ4n) is 1.78. The summed E-state index contributed by atoms with van der Waals surface area (Å²) in [5, 5.41) is 2.65. The van der Waals surface area contributed by atoms with Crippen LogP contribution >= 0.6 is 11.6 Å². The van der Waals surface area contributed by atoms with E-state index in [1.54, 1.807) is 18.2 Å². The van der Waals surface area contributed by atoms with E-state index in [0.717, 1.165) is 6.07 Å². The van der Waals surface area contributed by atoms with Crippen LogP contribution in [-0.4, -0.2) is 12.0 Å². The van der Waals surface area contributed by atoms with E-state index in [2.05, 4.69) is 5.32 Å². The number of ether oxygens (including phenoxy) is 1. The van der Waals surface area contributed by atoms with Gasteiger partial charge < -0.3 is 10.1 Å². The topological polar surface area (TPSA) is 38.3 Å². The average Bonchev–Trinajstić information content (AvgIpc) is 2.49. The van der Waals surface area contributed by atoms with Crippen molar-refractivity contribution in [1.29, 1.82) is 0 Å². The smallest absolute Gasteiger partial charge is 0.261 e. The standard InChI is InChI=1S/C16H14ClF2NO2/c1-10(22-15-7-6-12(18)8-13(15)17)16(21)20-9-11-4-2-3-5-14(11)19/h2-8,10H,9H2,1H3,(H,20,21). The molecule has 116 valence electrons. The Morgan fingerprint density at radius 1 is 1.27 bits per heavy atom. The second-order valence-electron chi connectivity index (χ2n) is 4.64. The molecule has 22 heavy (non-hydrogen) atoms. The Hall–Kier alpha value is -2.14. The predicted octanol–water partition coefficient (Wildman–Crippen LogP) is 3.70. The molecule has 0 heterocycles. The molecule has 2 rings (SSSR count). The number of amides is 1. The maximum Gasteiger partial charge on any atom is 0.261 e. The van der Waals surface area contributed by atoms with Crippen LogP contribution < -0.4 is 10.1 Å². The van der Waals surface area contributed by atoms with Gasteiger partial charge in [-0.2, -0.15) is 0 Å². The van der Waals surface area contributed by atoms with Gasteiger partial charge in [0, 0.05) is 12.1 Å². The van der Waals surface area contributed by atoms with Crippen LogP contribution in [0.15, 0.2) is 42.5 Å². The van der Waals surface area contributed by atoms with Gasteiger partial charge in [-0.3, -0.25) is 4.79 Å². The molecule has 0 spiro atoms. The highest BCUT2D eigenvalue weighted by molar-refractivity contribution is 6.32. The SMILES string of the molecule is CC(Oc1ccc(F)cc1Cl)C(=O)NCc1ccccc1F. The van der Waals surface area contributed by atoms with Gasteiger partial charge in [-0.25, -0.2) is 8.78 Å². The molecule has 0 aromatic heterocycles. The first-order valence-corrected chi connectivity index (χ1v) is 6.98. The molecule has 1 N–H and O–H groups in total. The Morgan fingerprint density at radius 3 is 2.68 bits per heavy atom. The molecular weight excluding hydrogens is 312 g/mol. The zero-order chi connectivity index (χ0) is 16.1. The van der Waals surface area contributed by atoms with Crippen molar-refractivity contribution in [2.75, 3.05) is 0 Å². The van der Waals surface area contributed by atoms with Gasteiger partial charge in [0.25, 0.3) is 5.91 Å². The van der Waals surface area contributed by atoms with Gasteiger partial charge in [0.1, 0.15) is 17.4 Å². The highest BCUT2D eigenvalue weighted by atomic mass is 35.5. The molecule has 2 aromatic carbocycles. The Balaban J connectivity index is 1.93. The summed E-state index contributed by atoms with van der Waals surface area (Å²) in [6.07, 6.45) is -0.852. The lowest BCUT2D eigenvalue weighted by Crippen LogP contribution is -2.36. The van der Waals surface area contributed by atoms with Crippen LogP contribution in [0.2, 0.25) is 5.02 Å². The van der Waals surface area contributed by atoms with E-state index < -0.39 is 23.6 Å². The normalized spacial score (nSPS) is 11.8. The number of hydrogen-bond donors (Lipinski definition) is 1. The molecule has 0 radical (unpaired) electrons. The Kier molecular flexibility index (Phi) is 5.33. The zero-order valence-electron chi connectivity index (χ0n) is 11.8. The maximum absolute atomic E-state index is 13.4. The lowest BCUT2D eigenvalue weighted by molar-refractivity contribution is -0.127. The summed E-state index contributed by atoms with van der Waals surface area (Å²) in [5.74, 6) is -1.10. The summed E-state index contributed by atoms with van der Waals surface area (Å²) in [7, 11) is 0. The van der Waals surface area contributed by atoms with Gasteiger partial charge >= 0.3 is 0 Å². The maximum atomic E-state index is 13.4. The van der Waals surface area contributed by atoms with Crippen LogP contribution in [0.1, 0.15) is 12.5 Å². The third kappa shape index (κ3) is 4.18. The summed E-state index contributed by atoms with van der Waals surface area (Å²) in [6.45, 7) is 1.58. The van der Waals surface area contributed by atoms with Gasteiger partial charge in [0.05, 0.1) is 5.02 Å². The van der Waals surface area contributed by atoms with Crippen molar-refractivity contribution in [2.24, 2.45) is 0 Å². The third-order valence-corrected chi connectivity index (χ3v) is 3.27. The summed E-state index contributed by atoms with van der Waals surface area (Å²) in [6, 6.07) is 9.79. The molecule has 0 fully saturated rings. The van der Waals surface area contributed by atoms with Crippen LogP contribution in [-0.2, 0) is 11.3 Å². The molecule has 0 saturated carbocycles. The van der Waals surface area contributed by atoms with Gasteiger partial charge in [0.2, 0.25) is 0 Å². The van der Waals surface area contributed by atoms with Crippen LogP contribution in [0.5, 0.6) is 5.75 Å². The Bertz CT molecular complexity index is 679. The lowest BCUT2D eigenvalue weighted by atomic mass is 10.2. The fraction of sp³-hybridized carbons (Fsp3) is 0.188. The molecular formula is C16H14ClF2NO2. The average molecular weight is 326 g/mol. The first kappa shape index (κ1) is 16.2. The zero-order valence-corrected chi connectivity index (χ0v) is 12.5. The van der Waals surface area contributed by atoms with E-state index in [4.69, 9.17) is 16.3 Å². The summed E-state index contributed by atoms with van der Waals surface area (Å²) in [5.41, 5.74) is 0.378. The number of rotatable bonds is 5. The minimum Gasteiger partial charge on any atom is -0.479 e. The van der Waals surface area contributed by atoms with Crippen molar-refractivity contribution in [2.45, 2.75) is 19.6 Å². The lowest BCUT2D eigenvalue weighted by Gasteiger charge is -2.15. The number of carbonyl (C=O) groups is 1. The summed E-state index contributed by atoms with van der Waals surface area (Å²) in [4.78, 5) is 11.9. The predicted molar refractivity (Wildman–Crippen MR) is 79.7 cm³/mol. The van der Waals surface area contributed by atoms with Gasteiger partial charge in [0.15, 0.2) is 6.10 Å². The number of hydrogen-bond acceptors (Lipinski definition) is 2.